The zero-order valence-corrected chi connectivity index (χ0v) is 9.44. The Hall–Kier alpha value is -0.640. The van der Waals surface area contributed by atoms with Gasteiger partial charge in [0, 0.05) is 4.48 Å². The second-order valence-corrected chi connectivity index (χ2v) is 3.22. The number of carbonyl (C=O) groups is 1. The van der Waals surface area contributed by atoms with Crippen LogP contribution in [0.1, 0.15) is 20.3 Å². The van der Waals surface area contributed by atoms with E-state index in [-0.39, 0.29) is 5.57 Å². The minimum absolute atomic E-state index is 0.0347. The summed E-state index contributed by atoms with van der Waals surface area (Å²) in [6.45, 7) is 3.34. The summed E-state index contributed by atoms with van der Waals surface area (Å²) in [5.74, 6) is -1.23. The third kappa shape index (κ3) is 3.30. The van der Waals surface area contributed by atoms with Crippen molar-refractivity contribution >= 4 is 21.9 Å². The Morgan fingerprint density at radius 1 is 1.62 bits per heavy atom. The number of ether oxygens (including phenoxy) is 1. The van der Waals surface area contributed by atoms with Crippen LogP contribution in [-0.4, -0.2) is 13.1 Å². The van der Waals surface area contributed by atoms with Crippen LogP contribution in [-0.2, 0) is 9.53 Å². The van der Waals surface area contributed by atoms with Gasteiger partial charge in [0.25, 0.3) is 0 Å². The normalized spacial score (nSPS) is 13.8. The van der Waals surface area contributed by atoms with Gasteiger partial charge in [-0.15, -0.1) is 0 Å². The molecule has 0 spiro atoms. The lowest BCUT2D eigenvalue weighted by Crippen LogP contribution is -2.06. The summed E-state index contributed by atoms with van der Waals surface area (Å²) in [5.41, 5.74) is -0.0347. The summed E-state index contributed by atoms with van der Waals surface area (Å²) in [6.07, 6.45) is 1.77. The molecular weight excluding hydrogens is 239 g/mol. The zero-order valence-electron chi connectivity index (χ0n) is 7.86. The highest BCUT2D eigenvalue weighted by molar-refractivity contribution is 9.11. The second-order valence-electron chi connectivity index (χ2n) is 2.26. The fourth-order valence-corrected chi connectivity index (χ4v) is 1.11. The molecule has 0 bridgehead atoms. The van der Waals surface area contributed by atoms with E-state index in [1.54, 1.807) is 0 Å². The lowest BCUT2D eigenvalue weighted by atomic mass is 10.2. The maximum atomic E-state index is 13.1. The van der Waals surface area contributed by atoms with Crippen molar-refractivity contribution in [3.63, 3.8) is 0 Å². The van der Waals surface area contributed by atoms with Gasteiger partial charge in [-0.2, -0.15) is 0 Å². The number of hydrogen-bond donors (Lipinski definition) is 0. The summed E-state index contributed by atoms with van der Waals surface area (Å²) in [5, 5.41) is 0. The minimum atomic E-state index is -0.663. The highest BCUT2D eigenvalue weighted by Crippen LogP contribution is 2.24. The highest BCUT2D eigenvalue weighted by atomic mass is 79.9. The Kier molecular flexibility index (Phi) is 5.62. The van der Waals surface area contributed by atoms with Crippen molar-refractivity contribution < 1.29 is 13.9 Å². The molecular formula is C9H12BrFO2. The Morgan fingerprint density at radius 2 is 2.15 bits per heavy atom. The van der Waals surface area contributed by atoms with E-state index in [4.69, 9.17) is 0 Å². The summed E-state index contributed by atoms with van der Waals surface area (Å²) < 4.78 is 18.1. The third-order valence-electron chi connectivity index (χ3n) is 1.46. The van der Waals surface area contributed by atoms with E-state index in [0.29, 0.717) is 10.9 Å². The van der Waals surface area contributed by atoms with E-state index in [9.17, 15) is 9.18 Å². The fourth-order valence-electron chi connectivity index (χ4n) is 0.761. The first-order valence-electron chi connectivity index (χ1n) is 3.87. The van der Waals surface area contributed by atoms with Crippen molar-refractivity contribution in [1.82, 2.24) is 0 Å². The van der Waals surface area contributed by atoms with Gasteiger partial charge in [-0.05, 0) is 13.3 Å². The first kappa shape index (κ1) is 12.4. The topological polar surface area (TPSA) is 26.3 Å². The smallest absolute Gasteiger partial charge is 0.341 e. The molecule has 2 nitrogen and oxygen atoms in total. The Morgan fingerprint density at radius 3 is 2.46 bits per heavy atom. The van der Waals surface area contributed by atoms with Gasteiger partial charge in [0.1, 0.15) is 11.4 Å². The number of carbonyl (C=O) groups excluding carboxylic acids is 1. The number of allylic oxidation sites excluding steroid dienone is 2. The third-order valence-corrected chi connectivity index (χ3v) is 2.42. The van der Waals surface area contributed by atoms with Gasteiger partial charge in [0.05, 0.1) is 7.11 Å². The number of esters is 1. The summed E-state index contributed by atoms with van der Waals surface area (Å²) in [7, 11) is 1.22. The fraction of sp³-hybridized carbons (Fsp3) is 0.444. The summed E-state index contributed by atoms with van der Waals surface area (Å²) >= 11 is 3.12. The second kappa shape index (κ2) is 5.91. The quantitative estimate of drug-likeness (QED) is 0.437. The maximum absolute atomic E-state index is 13.1. The van der Waals surface area contributed by atoms with Crippen LogP contribution in [0.15, 0.2) is 22.0 Å². The molecule has 0 aliphatic carbocycles. The Bertz CT molecular complexity index is 256. The van der Waals surface area contributed by atoms with Crippen LogP contribution < -0.4 is 0 Å². The molecule has 0 saturated carbocycles. The van der Waals surface area contributed by atoms with Crippen LogP contribution in [0.25, 0.3) is 0 Å². The number of halogens is 2. The molecule has 0 atom stereocenters. The standard InChI is InChI=1S/C9H12BrFO2/c1-4-6(10)8(7(11)5-2)9(12)13-3/h5H,4H2,1-3H3/b7-5+,8-6-. The lowest BCUT2D eigenvalue weighted by molar-refractivity contribution is -0.136. The van der Waals surface area contributed by atoms with Crippen molar-refractivity contribution in [2.75, 3.05) is 7.11 Å². The van der Waals surface area contributed by atoms with E-state index in [1.165, 1.54) is 20.1 Å². The molecule has 74 valence electrons. The van der Waals surface area contributed by atoms with Gasteiger partial charge in [0.15, 0.2) is 0 Å². The molecule has 0 aliphatic rings. The first-order chi connectivity index (χ1) is 6.08. The predicted octanol–water partition coefficient (Wildman–Crippen LogP) is 3.09. The van der Waals surface area contributed by atoms with E-state index < -0.39 is 11.8 Å². The summed E-state index contributed by atoms with van der Waals surface area (Å²) in [6, 6.07) is 0. The first-order valence-corrected chi connectivity index (χ1v) is 4.66. The van der Waals surface area contributed by atoms with Crippen molar-refractivity contribution in [2.24, 2.45) is 0 Å². The average molecular weight is 251 g/mol. The van der Waals surface area contributed by atoms with Crippen LogP contribution in [0.5, 0.6) is 0 Å². The molecule has 0 N–H and O–H groups in total. The van der Waals surface area contributed by atoms with E-state index >= 15 is 0 Å². The van der Waals surface area contributed by atoms with Crippen LogP contribution in [0.3, 0.4) is 0 Å². The number of methoxy groups -OCH3 is 1. The van der Waals surface area contributed by atoms with E-state index in [0.717, 1.165) is 0 Å². The van der Waals surface area contributed by atoms with Crippen molar-refractivity contribution in [1.29, 1.82) is 0 Å². The molecule has 0 saturated heterocycles. The van der Waals surface area contributed by atoms with E-state index in [2.05, 4.69) is 20.7 Å². The Labute approximate surface area is 85.6 Å². The zero-order chi connectivity index (χ0) is 10.4. The van der Waals surface area contributed by atoms with Crippen LogP contribution in [0.4, 0.5) is 4.39 Å². The predicted molar refractivity (Wildman–Crippen MR) is 53.1 cm³/mol. The molecule has 0 aromatic carbocycles. The molecule has 0 radical (unpaired) electrons. The molecule has 0 unspecified atom stereocenters. The molecule has 0 amide bonds. The highest BCUT2D eigenvalue weighted by Gasteiger charge is 2.17. The number of hydrogen-bond acceptors (Lipinski definition) is 2. The number of rotatable bonds is 3. The maximum Gasteiger partial charge on any atom is 0.341 e. The molecule has 0 aromatic rings. The van der Waals surface area contributed by atoms with Crippen molar-refractivity contribution in [3.05, 3.63) is 22.0 Å². The van der Waals surface area contributed by atoms with Crippen LogP contribution >= 0.6 is 15.9 Å². The average Bonchev–Trinajstić information content (AvgIpc) is 2.16. The molecule has 0 rings (SSSR count). The van der Waals surface area contributed by atoms with Gasteiger partial charge in [-0.3, -0.25) is 0 Å². The Balaban J connectivity index is 5.10. The van der Waals surface area contributed by atoms with Crippen molar-refractivity contribution in [3.8, 4) is 0 Å². The van der Waals surface area contributed by atoms with Crippen LogP contribution in [0, 0.1) is 0 Å². The molecule has 0 aliphatic heterocycles. The molecule has 0 heterocycles. The minimum Gasteiger partial charge on any atom is -0.465 e. The molecule has 4 heteroatoms. The molecule has 0 aromatic heterocycles. The lowest BCUT2D eigenvalue weighted by Gasteiger charge is -2.04. The van der Waals surface area contributed by atoms with Gasteiger partial charge in [-0.25, -0.2) is 9.18 Å². The van der Waals surface area contributed by atoms with Crippen molar-refractivity contribution in [2.45, 2.75) is 20.3 Å². The molecule has 0 fully saturated rings. The van der Waals surface area contributed by atoms with Gasteiger partial charge >= 0.3 is 5.97 Å². The SMILES string of the molecule is C/C=C(F)\C(C(=O)OC)=C(\Br)CC. The van der Waals surface area contributed by atoms with Gasteiger partial charge in [-0.1, -0.05) is 28.9 Å². The van der Waals surface area contributed by atoms with E-state index in [1.807, 2.05) is 6.92 Å². The largest absolute Gasteiger partial charge is 0.465 e. The summed E-state index contributed by atoms with van der Waals surface area (Å²) in [4.78, 5) is 11.1. The molecule has 13 heavy (non-hydrogen) atoms. The van der Waals surface area contributed by atoms with Gasteiger partial charge < -0.3 is 4.74 Å². The van der Waals surface area contributed by atoms with Gasteiger partial charge in [0.2, 0.25) is 0 Å². The van der Waals surface area contributed by atoms with Crippen LogP contribution in [0.2, 0.25) is 0 Å². The monoisotopic (exact) mass is 250 g/mol.